The Balaban J connectivity index is 1.93. The van der Waals surface area contributed by atoms with Gasteiger partial charge in [0, 0.05) is 19.2 Å². The number of benzene rings is 3. The number of alkyl halides is 3. The van der Waals surface area contributed by atoms with Gasteiger partial charge in [-0.2, -0.15) is 13.2 Å². The van der Waals surface area contributed by atoms with Crippen molar-refractivity contribution < 1.29 is 18.0 Å². The van der Waals surface area contributed by atoms with Crippen molar-refractivity contribution in [2.24, 2.45) is 0 Å². The molecule has 0 saturated heterocycles. The molecule has 0 radical (unpaired) electrons. The van der Waals surface area contributed by atoms with Gasteiger partial charge in [0.25, 0.3) is 5.91 Å². The van der Waals surface area contributed by atoms with Gasteiger partial charge in [0.1, 0.15) is 0 Å². The minimum Gasteiger partial charge on any atom is -0.369 e. The van der Waals surface area contributed by atoms with Gasteiger partial charge in [-0.3, -0.25) is 4.79 Å². The molecular formula is C23H21F3N2O. The zero-order valence-corrected chi connectivity index (χ0v) is 16.1. The molecule has 1 amide bonds. The van der Waals surface area contributed by atoms with E-state index in [9.17, 15) is 18.0 Å². The SMILES string of the molecule is Cc1ccc(C(=O)Nc2cc(C(F)(F)F)ccc2N(C)Cc2ccccc2)cc1. The number of hydrogen-bond acceptors (Lipinski definition) is 2. The Hall–Kier alpha value is -3.28. The molecule has 0 aliphatic carbocycles. The maximum Gasteiger partial charge on any atom is 0.416 e. The number of rotatable bonds is 5. The van der Waals surface area contributed by atoms with Crippen LogP contribution in [0.1, 0.15) is 27.0 Å². The van der Waals surface area contributed by atoms with Gasteiger partial charge in [-0.25, -0.2) is 0 Å². The van der Waals surface area contributed by atoms with Crippen molar-refractivity contribution in [2.45, 2.75) is 19.6 Å². The van der Waals surface area contributed by atoms with Crippen LogP contribution in [-0.2, 0) is 12.7 Å². The molecule has 6 heteroatoms. The topological polar surface area (TPSA) is 32.3 Å². The molecule has 0 fully saturated rings. The van der Waals surface area contributed by atoms with Gasteiger partial charge >= 0.3 is 6.18 Å². The number of amides is 1. The van der Waals surface area contributed by atoms with Crippen LogP contribution in [0.5, 0.6) is 0 Å². The average Bonchev–Trinajstić information content (AvgIpc) is 2.68. The molecule has 3 aromatic carbocycles. The fourth-order valence-corrected chi connectivity index (χ4v) is 2.99. The zero-order chi connectivity index (χ0) is 21.0. The summed E-state index contributed by atoms with van der Waals surface area (Å²) < 4.78 is 39.7. The lowest BCUT2D eigenvalue weighted by molar-refractivity contribution is -0.137. The van der Waals surface area contributed by atoms with Crippen LogP contribution >= 0.6 is 0 Å². The van der Waals surface area contributed by atoms with Crippen molar-refractivity contribution in [1.29, 1.82) is 0 Å². The molecule has 0 aliphatic rings. The van der Waals surface area contributed by atoms with Crippen LogP contribution in [0.3, 0.4) is 0 Å². The standard InChI is InChI=1S/C23H21F3N2O/c1-16-8-10-18(11-9-16)22(29)27-20-14-19(23(24,25)26)12-13-21(20)28(2)15-17-6-4-3-5-7-17/h3-14H,15H2,1-2H3,(H,27,29). The number of halogens is 3. The Morgan fingerprint density at radius 3 is 2.24 bits per heavy atom. The van der Waals surface area contributed by atoms with Gasteiger partial charge in [-0.05, 0) is 42.8 Å². The minimum atomic E-state index is -4.50. The lowest BCUT2D eigenvalue weighted by Crippen LogP contribution is -2.21. The number of anilines is 2. The second-order valence-corrected chi connectivity index (χ2v) is 6.89. The zero-order valence-electron chi connectivity index (χ0n) is 16.1. The van der Waals surface area contributed by atoms with Crippen molar-refractivity contribution >= 4 is 17.3 Å². The quantitative estimate of drug-likeness (QED) is 0.580. The van der Waals surface area contributed by atoms with Crippen LogP contribution in [-0.4, -0.2) is 13.0 Å². The highest BCUT2D eigenvalue weighted by Crippen LogP contribution is 2.35. The summed E-state index contributed by atoms with van der Waals surface area (Å²) in [7, 11) is 1.77. The summed E-state index contributed by atoms with van der Waals surface area (Å²) in [6.45, 7) is 2.38. The Kier molecular flexibility index (Phi) is 5.92. The van der Waals surface area contributed by atoms with Gasteiger partial charge in [0.15, 0.2) is 0 Å². The molecule has 0 spiro atoms. The van der Waals surface area contributed by atoms with Crippen LogP contribution in [0.2, 0.25) is 0 Å². The fraction of sp³-hybridized carbons (Fsp3) is 0.174. The maximum absolute atomic E-state index is 13.2. The maximum atomic E-state index is 13.2. The number of nitrogens with one attached hydrogen (secondary N) is 1. The largest absolute Gasteiger partial charge is 0.416 e. The third-order valence-corrected chi connectivity index (χ3v) is 4.56. The van der Waals surface area contributed by atoms with Crippen molar-refractivity contribution in [1.82, 2.24) is 0 Å². The first-order valence-corrected chi connectivity index (χ1v) is 9.08. The second kappa shape index (κ2) is 8.39. The van der Waals surface area contributed by atoms with E-state index >= 15 is 0 Å². The molecule has 29 heavy (non-hydrogen) atoms. The molecule has 150 valence electrons. The van der Waals surface area contributed by atoms with E-state index < -0.39 is 17.6 Å². The van der Waals surface area contributed by atoms with E-state index in [-0.39, 0.29) is 5.69 Å². The lowest BCUT2D eigenvalue weighted by atomic mass is 10.1. The van der Waals surface area contributed by atoms with Gasteiger partial charge < -0.3 is 10.2 Å². The first-order chi connectivity index (χ1) is 13.7. The van der Waals surface area contributed by atoms with Crippen molar-refractivity contribution in [3.8, 4) is 0 Å². The molecule has 0 aromatic heterocycles. The van der Waals surface area contributed by atoms with E-state index in [0.29, 0.717) is 17.8 Å². The molecule has 0 bridgehead atoms. The van der Waals surface area contributed by atoms with Gasteiger partial charge in [0.2, 0.25) is 0 Å². The summed E-state index contributed by atoms with van der Waals surface area (Å²) in [6.07, 6.45) is -4.50. The number of aryl methyl sites for hydroxylation is 1. The third kappa shape index (κ3) is 5.16. The Morgan fingerprint density at radius 1 is 0.966 bits per heavy atom. The predicted octanol–water partition coefficient (Wildman–Crippen LogP) is 5.90. The van der Waals surface area contributed by atoms with E-state index in [1.165, 1.54) is 6.07 Å². The van der Waals surface area contributed by atoms with E-state index in [1.54, 1.807) is 36.2 Å². The van der Waals surface area contributed by atoms with Crippen molar-refractivity contribution in [2.75, 3.05) is 17.3 Å². The fourth-order valence-electron chi connectivity index (χ4n) is 2.99. The van der Waals surface area contributed by atoms with Gasteiger partial charge in [0.05, 0.1) is 16.9 Å². The number of hydrogen-bond donors (Lipinski definition) is 1. The molecule has 3 nitrogen and oxygen atoms in total. The summed E-state index contributed by atoms with van der Waals surface area (Å²) in [5.41, 5.74) is 2.18. The van der Waals surface area contributed by atoms with E-state index in [4.69, 9.17) is 0 Å². The molecule has 0 saturated carbocycles. The van der Waals surface area contributed by atoms with Crippen LogP contribution in [0.25, 0.3) is 0 Å². The van der Waals surface area contributed by atoms with Gasteiger partial charge in [-0.1, -0.05) is 48.0 Å². The van der Waals surface area contributed by atoms with Crippen molar-refractivity contribution in [3.63, 3.8) is 0 Å². The summed E-state index contributed by atoms with van der Waals surface area (Å²) in [4.78, 5) is 14.4. The number of nitrogens with zero attached hydrogens (tertiary/aromatic N) is 1. The van der Waals surface area contributed by atoms with E-state index in [1.807, 2.05) is 37.3 Å². The Labute approximate surface area is 167 Å². The Bertz CT molecular complexity index is 983. The smallest absolute Gasteiger partial charge is 0.369 e. The summed E-state index contributed by atoms with van der Waals surface area (Å²) in [5, 5.41) is 2.64. The minimum absolute atomic E-state index is 0.115. The summed E-state index contributed by atoms with van der Waals surface area (Å²) >= 11 is 0. The molecule has 3 aromatic rings. The molecule has 0 atom stereocenters. The summed E-state index contributed by atoms with van der Waals surface area (Å²) in [6, 6.07) is 19.8. The molecule has 0 unspecified atom stereocenters. The highest BCUT2D eigenvalue weighted by molar-refractivity contribution is 6.06. The Morgan fingerprint density at radius 2 is 1.62 bits per heavy atom. The first-order valence-electron chi connectivity index (χ1n) is 9.08. The van der Waals surface area contributed by atoms with Crippen molar-refractivity contribution in [3.05, 3.63) is 95.1 Å². The van der Waals surface area contributed by atoms with Crippen LogP contribution in [0, 0.1) is 6.92 Å². The molecule has 0 heterocycles. The third-order valence-electron chi connectivity index (χ3n) is 4.56. The van der Waals surface area contributed by atoms with Crippen LogP contribution < -0.4 is 10.2 Å². The molecular weight excluding hydrogens is 377 g/mol. The second-order valence-electron chi connectivity index (χ2n) is 6.89. The molecule has 1 N–H and O–H groups in total. The van der Waals surface area contributed by atoms with E-state index in [0.717, 1.165) is 23.3 Å². The highest BCUT2D eigenvalue weighted by atomic mass is 19.4. The normalized spacial score (nSPS) is 11.2. The van der Waals surface area contributed by atoms with E-state index in [2.05, 4.69) is 5.32 Å². The number of carbonyl (C=O) groups excluding carboxylic acids is 1. The number of carbonyl (C=O) groups is 1. The lowest BCUT2D eigenvalue weighted by Gasteiger charge is -2.24. The first kappa shape index (κ1) is 20.5. The predicted molar refractivity (Wildman–Crippen MR) is 109 cm³/mol. The van der Waals surface area contributed by atoms with Gasteiger partial charge in [-0.15, -0.1) is 0 Å². The molecule has 0 aliphatic heterocycles. The molecule has 3 rings (SSSR count). The van der Waals surface area contributed by atoms with Crippen LogP contribution in [0.15, 0.2) is 72.8 Å². The average molecular weight is 398 g/mol. The monoisotopic (exact) mass is 398 g/mol. The summed E-state index contributed by atoms with van der Waals surface area (Å²) in [5.74, 6) is -0.460. The highest BCUT2D eigenvalue weighted by Gasteiger charge is 2.31. The van der Waals surface area contributed by atoms with Crippen LogP contribution in [0.4, 0.5) is 24.5 Å².